The van der Waals surface area contributed by atoms with E-state index >= 15 is 0 Å². The van der Waals surface area contributed by atoms with Crippen LogP contribution in [0.5, 0.6) is 0 Å². The molecule has 0 aromatic heterocycles. The summed E-state index contributed by atoms with van der Waals surface area (Å²) in [7, 11) is 0. The zero-order valence-electron chi connectivity index (χ0n) is 18.9. The van der Waals surface area contributed by atoms with Crippen molar-refractivity contribution < 1.29 is 36.2 Å². The van der Waals surface area contributed by atoms with Crippen molar-refractivity contribution in [2.75, 3.05) is 0 Å². The average Bonchev–Trinajstić information content (AvgIpc) is 2.91. The fraction of sp³-hybridized carbons (Fsp3) is 0.0667. The number of Topliss-reactive ketones (excluding diaryl/α,β-unsaturated/α-hetero) is 4. The van der Waals surface area contributed by atoms with Crippen LogP contribution in [0.1, 0.15) is 54.3 Å². The predicted molar refractivity (Wildman–Crippen MR) is 132 cm³/mol. The smallest absolute Gasteiger partial charge is 0.170 e. The van der Waals surface area contributed by atoms with Gasteiger partial charge in [0.15, 0.2) is 23.1 Å². The van der Waals surface area contributed by atoms with Crippen molar-refractivity contribution in [2.24, 2.45) is 0 Å². The number of rotatable bonds is 8. The van der Waals surface area contributed by atoms with Gasteiger partial charge < -0.3 is 0 Å². The molecule has 0 saturated carbocycles. The van der Waals surface area contributed by atoms with E-state index in [0.717, 1.165) is 0 Å². The minimum atomic E-state index is -0.139. The quantitative estimate of drug-likeness (QED) is 0.158. The molecule has 1 radical (unpaired) electrons. The molecule has 4 aromatic carbocycles. The minimum Gasteiger partial charge on any atom is -0.294 e. The van der Waals surface area contributed by atoms with E-state index in [1.807, 2.05) is 24.3 Å². The fourth-order valence-electron chi connectivity index (χ4n) is 3.20. The average molecular weight is 512 g/mol. The number of benzene rings is 4. The maximum Gasteiger partial charge on any atom is 0.170 e. The second kappa shape index (κ2) is 14.4. The van der Waals surface area contributed by atoms with Gasteiger partial charge in [-0.25, -0.2) is 0 Å². The molecule has 4 nitrogen and oxygen atoms in total. The number of hydrogen-bond acceptors (Lipinski definition) is 4. The van der Waals surface area contributed by atoms with Gasteiger partial charge in [0.1, 0.15) is 0 Å². The first-order valence-corrected chi connectivity index (χ1v) is 10.9. The Balaban J connectivity index is 0.000000240. The molecule has 0 aliphatic heterocycles. The standard InChI is InChI=1S/2C15H12O2.Cu/c2*16-14(12-7-3-1-4-8-12)11-15(17)13-9-5-2-6-10-13;/h2*1-10H,11H2;. The Hall–Kier alpha value is -3.92. The summed E-state index contributed by atoms with van der Waals surface area (Å²) in [5.41, 5.74) is 2.32. The molecule has 0 fully saturated rings. The van der Waals surface area contributed by atoms with Crippen LogP contribution in [-0.4, -0.2) is 23.1 Å². The molecule has 179 valence electrons. The van der Waals surface area contributed by atoms with Crippen molar-refractivity contribution in [3.05, 3.63) is 144 Å². The van der Waals surface area contributed by atoms with Gasteiger partial charge in [0.2, 0.25) is 0 Å². The van der Waals surface area contributed by atoms with E-state index in [0.29, 0.717) is 22.3 Å². The normalized spacial score (nSPS) is 9.60. The molecule has 0 bridgehead atoms. The van der Waals surface area contributed by atoms with Gasteiger partial charge >= 0.3 is 0 Å². The second-order valence-corrected chi connectivity index (χ2v) is 7.51. The summed E-state index contributed by atoms with van der Waals surface area (Å²) in [6.07, 6.45) is -0.151. The van der Waals surface area contributed by atoms with Crippen LogP contribution < -0.4 is 0 Å². The van der Waals surface area contributed by atoms with E-state index < -0.39 is 0 Å². The molecular weight excluding hydrogens is 488 g/mol. The first-order valence-electron chi connectivity index (χ1n) is 10.9. The fourth-order valence-corrected chi connectivity index (χ4v) is 3.20. The monoisotopic (exact) mass is 511 g/mol. The van der Waals surface area contributed by atoms with Gasteiger partial charge in [0.25, 0.3) is 0 Å². The Morgan fingerprint density at radius 2 is 0.514 bits per heavy atom. The molecule has 4 rings (SSSR count). The van der Waals surface area contributed by atoms with E-state index in [1.165, 1.54) is 0 Å². The van der Waals surface area contributed by atoms with Crippen molar-refractivity contribution >= 4 is 23.1 Å². The summed E-state index contributed by atoms with van der Waals surface area (Å²) >= 11 is 0. The van der Waals surface area contributed by atoms with Crippen LogP contribution in [0.25, 0.3) is 0 Å². The van der Waals surface area contributed by atoms with Crippen molar-refractivity contribution in [1.29, 1.82) is 0 Å². The van der Waals surface area contributed by atoms with Gasteiger partial charge in [-0.2, -0.15) is 0 Å². The van der Waals surface area contributed by atoms with Crippen LogP contribution in [0.15, 0.2) is 121 Å². The Labute approximate surface area is 215 Å². The summed E-state index contributed by atoms with van der Waals surface area (Å²) in [5, 5.41) is 0. The summed E-state index contributed by atoms with van der Waals surface area (Å²) in [6.45, 7) is 0. The number of ketones is 4. The molecule has 0 aliphatic carbocycles. The third-order valence-corrected chi connectivity index (χ3v) is 5.03. The molecule has 0 aliphatic rings. The van der Waals surface area contributed by atoms with E-state index in [1.54, 1.807) is 97.1 Å². The SMILES string of the molecule is O=C(CC(=O)c1ccccc1)c1ccccc1.O=C(CC(=O)c1ccccc1)c1ccccc1.[Cu]. The molecule has 0 saturated heterocycles. The molecule has 0 unspecified atom stereocenters. The van der Waals surface area contributed by atoms with Crippen LogP contribution in [0.4, 0.5) is 0 Å². The van der Waals surface area contributed by atoms with Gasteiger partial charge in [0, 0.05) is 39.3 Å². The summed E-state index contributed by atoms with van der Waals surface area (Å²) in [6, 6.07) is 35.5. The van der Waals surface area contributed by atoms with Crippen molar-refractivity contribution in [2.45, 2.75) is 12.8 Å². The predicted octanol–water partition coefficient (Wildman–Crippen LogP) is 6.28. The maximum absolute atomic E-state index is 11.8. The van der Waals surface area contributed by atoms with Crippen molar-refractivity contribution in [3.8, 4) is 0 Å². The Morgan fingerprint density at radius 1 is 0.343 bits per heavy atom. The zero-order valence-corrected chi connectivity index (χ0v) is 19.8. The molecular formula is C30H24CuO4. The van der Waals surface area contributed by atoms with Crippen molar-refractivity contribution in [3.63, 3.8) is 0 Å². The summed E-state index contributed by atoms with van der Waals surface area (Å²) in [5.74, 6) is -0.558. The molecule has 4 aromatic rings. The van der Waals surface area contributed by atoms with E-state index in [9.17, 15) is 19.2 Å². The van der Waals surface area contributed by atoms with Gasteiger partial charge in [-0.1, -0.05) is 121 Å². The largest absolute Gasteiger partial charge is 0.294 e. The third-order valence-electron chi connectivity index (χ3n) is 5.03. The van der Waals surface area contributed by atoms with Gasteiger partial charge in [-0.05, 0) is 0 Å². The van der Waals surface area contributed by atoms with Crippen molar-refractivity contribution in [1.82, 2.24) is 0 Å². The van der Waals surface area contributed by atoms with E-state index in [2.05, 4.69) is 0 Å². The Morgan fingerprint density at radius 3 is 0.686 bits per heavy atom. The Kier molecular flexibility index (Phi) is 11.2. The molecule has 0 heterocycles. The van der Waals surface area contributed by atoms with Crippen LogP contribution in [-0.2, 0) is 17.1 Å². The summed E-state index contributed by atoms with van der Waals surface area (Å²) in [4.78, 5) is 47.2. The first kappa shape index (κ1) is 27.3. The number of carbonyl (C=O) groups is 4. The van der Waals surface area contributed by atoms with Gasteiger partial charge in [-0.3, -0.25) is 19.2 Å². The maximum atomic E-state index is 11.8. The van der Waals surface area contributed by atoms with E-state index in [-0.39, 0.29) is 53.0 Å². The zero-order chi connectivity index (χ0) is 24.2. The minimum absolute atomic E-state index is 0. The van der Waals surface area contributed by atoms with Gasteiger partial charge in [0.05, 0.1) is 12.8 Å². The molecule has 0 amide bonds. The second-order valence-electron chi connectivity index (χ2n) is 7.51. The summed E-state index contributed by atoms with van der Waals surface area (Å²) < 4.78 is 0. The van der Waals surface area contributed by atoms with Crippen LogP contribution >= 0.6 is 0 Å². The number of hydrogen-bond donors (Lipinski definition) is 0. The molecule has 5 heteroatoms. The number of carbonyl (C=O) groups excluding carboxylic acids is 4. The topological polar surface area (TPSA) is 68.3 Å². The van der Waals surface area contributed by atoms with Crippen LogP contribution in [0, 0.1) is 0 Å². The Bertz CT molecular complexity index is 1040. The van der Waals surface area contributed by atoms with Crippen LogP contribution in [0.3, 0.4) is 0 Å². The van der Waals surface area contributed by atoms with E-state index in [4.69, 9.17) is 0 Å². The third kappa shape index (κ3) is 8.74. The first-order chi connectivity index (χ1) is 16.5. The molecule has 0 N–H and O–H groups in total. The molecule has 35 heavy (non-hydrogen) atoms. The molecule has 0 atom stereocenters. The molecule has 0 spiro atoms. The van der Waals surface area contributed by atoms with Crippen LogP contribution in [0.2, 0.25) is 0 Å². The van der Waals surface area contributed by atoms with Gasteiger partial charge in [-0.15, -0.1) is 0 Å².